The summed E-state index contributed by atoms with van der Waals surface area (Å²) in [6, 6.07) is 0. The number of carbonyl (C=O) groups excluding carboxylic acids is 2. The number of sulfone groups is 2. The second-order valence-corrected chi connectivity index (χ2v) is 11.8. The SMILES string of the molecule is CC(CC(S(=O)(=O)C(F)(F)F)S(=O)(=O)C(F)(F)F)OC(=O)OC1C2CC3C(=O)OC1C3O2. The molecule has 0 N–H and O–H groups in total. The predicted octanol–water partition coefficient (Wildman–Crippen LogP) is 1.19. The van der Waals surface area contributed by atoms with Gasteiger partial charge < -0.3 is 18.9 Å². The number of fused-ring (bicyclic) bond motifs is 1. The number of hydrogen-bond donors (Lipinski definition) is 0. The van der Waals surface area contributed by atoms with Crippen LogP contribution in [0, 0.1) is 5.92 Å². The fraction of sp³-hybridized carbons (Fsp3) is 0.857. The molecule has 3 aliphatic rings. The number of ether oxygens (including phenoxy) is 4. The number of esters is 1. The zero-order valence-electron chi connectivity index (χ0n) is 15.6. The molecule has 6 unspecified atom stereocenters. The lowest BCUT2D eigenvalue weighted by molar-refractivity contribution is -0.146. The van der Waals surface area contributed by atoms with Crippen LogP contribution in [0.4, 0.5) is 31.1 Å². The van der Waals surface area contributed by atoms with Crippen LogP contribution in [0.5, 0.6) is 0 Å². The van der Waals surface area contributed by atoms with Crippen molar-refractivity contribution in [3.05, 3.63) is 0 Å². The minimum atomic E-state index is -6.87. The van der Waals surface area contributed by atoms with Crippen molar-refractivity contribution in [2.24, 2.45) is 5.92 Å². The van der Waals surface area contributed by atoms with Gasteiger partial charge >= 0.3 is 23.1 Å². The molecule has 0 saturated carbocycles. The highest BCUT2D eigenvalue weighted by molar-refractivity contribution is 8.09. The van der Waals surface area contributed by atoms with Crippen molar-refractivity contribution in [3.8, 4) is 0 Å². The Morgan fingerprint density at radius 2 is 1.59 bits per heavy atom. The normalized spacial score (nSPS) is 31.0. The lowest BCUT2D eigenvalue weighted by Gasteiger charge is -2.25. The minimum Gasteiger partial charge on any atom is -0.455 e. The lowest BCUT2D eigenvalue weighted by atomic mass is 9.88. The van der Waals surface area contributed by atoms with Gasteiger partial charge in [-0.15, -0.1) is 0 Å². The predicted molar refractivity (Wildman–Crippen MR) is 85.8 cm³/mol. The molecule has 0 aromatic carbocycles. The van der Waals surface area contributed by atoms with Crippen molar-refractivity contribution in [2.45, 2.75) is 65.9 Å². The minimum absolute atomic E-state index is 0.142. The van der Waals surface area contributed by atoms with Crippen molar-refractivity contribution in [2.75, 3.05) is 0 Å². The second kappa shape index (κ2) is 7.61. The van der Waals surface area contributed by atoms with E-state index in [1.165, 1.54) is 0 Å². The molecule has 3 saturated heterocycles. The van der Waals surface area contributed by atoms with E-state index in [1.807, 2.05) is 0 Å². The van der Waals surface area contributed by atoms with Crippen LogP contribution in [-0.2, 0) is 43.4 Å². The Kier molecular flexibility index (Phi) is 5.90. The quantitative estimate of drug-likeness (QED) is 0.371. The monoisotopic (exact) mass is 520 g/mol. The summed E-state index contributed by atoms with van der Waals surface area (Å²) in [5.74, 6) is -1.14. The summed E-state index contributed by atoms with van der Waals surface area (Å²) >= 11 is 0. The van der Waals surface area contributed by atoms with Crippen LogP contribution in [0.15, 0.2) is 0 Å². The molecule has 0 aliphatic carbocycles. The third-order valence-corrected chi connectivity index (χ3v) is 9.76. The molecule has 2 bridgehead atoms. The van der Waals surface area contributed by atoms with Crippen LogP contribution in [0.1, 0.15) is 19.8 Å². The Bertz CT molecular complexity index is 960. The van der Waals surface area contributed by atoms with Crippen LogP contribution < -0.4 is 0 Å². The molecule has 0 spiro atoms. The molecule has 0 amide bonds. The molecule has 0 aromatic rings. The number of rotatable bonds is 6. The summed E-state index contributed by atoms with van der Waals surface area (Å²) in [5.41, 5.74) is -12.7. The zero-order chi connectivity index (χ0) is 24.4. The molecule has 32 heavy (non-hydrogen) atoms. The van der Waals surface area contributed by atoms with Crippen LogP contribution >= 0.6 is 0 Å². The average molecular weight is 520 g/mol. The number of hydrogen-bond acceptors (Lipinski definition) is 10. The summed E-state index contributed by atoms with van der Waals surface area (Å²) in [6.07, 6.45) is -9.09. The third-order valence-electron chi connectivity index (χ3n) is 5.18. The van der Waals surface area contributed by atoms with E-state index in [4.69, 9.17) is 14.2 Å². The van der Waals surface area contributed by atoms with E-state index in [2.05, 4.69) is 4.74 Å². The first-order valence-electron chi connectivity index (χ1n) is 8.71. The Morgan fingerprint density at radius 3 is 2.09 bits per heavy atom. The van der Waals surface area contributed by atoms with Gasteiger partial charge in [-0.3, -0.25) is 4.79 Å². The second-order valence-electron chi connectivity index (χ2n) is 7.29. The van der Waals surface area contributed by atoms with Crippen LogP contribution in [-0.4, -0.2) is 75.1 Å². The van der Waals surface area contributed by atoms with E-state index >= 15 is 0 Å². The smallest absolute Gasteiger partial charge is 0.455 e. The number of carbonyl (C=O) groups is 2. The first-order valence-corrected chi connectivity index (χ1v) is 11.8. The fourth-order valence-corrected chi connectivity index (χ4v) is 7.36. The molecular weight excluding hydrogens is 506 g/mol. The zero-order valence-corrected chi connectivity index (χ0v) is 17.3. The van der Waals surface area contributed by atoms with Crippen molar-refractivity contribution >= 4 is 31.8 Å². The molecule has 3 fully saturated rings. The van der Waals surface area contributed by atoms with Gasteiger partial charge in [0, 0.05) is 6.42 Å². The van der Waals surface area contributed by atoms with E-state index in [-0.39, 0.29) is 6.42 Å². The van der Waals surface area contributed by atoms with E-state index in [1.54, 1.807) is 0 Å². The molecule has 10 nitrogen and oxygen atoms in total. The highest BCUT2D eigenvalue weighted by atomic mass is 32.3. The fourth-order valence-electron chi connectivity index (χ4n) is 3.72. The lowest BCUT2D eigenvalue weighted by Crippen LogP contribution is -2.46. The third kappa shape index (κ3) is 4.00. The highest BCUT2D eigenvalue weighted by Gasteiger charge is 2.66. The van der Waals surface area contributed by atoms with Crippen molar-refractivity contribution < 1.29 is 71.7 Å². The summed E-state index contributed by atoms with van der Waals surface area (Å²) in [6.45, 7) is 0.676. The largest absolute Gasteiger partial charge is 0.509 e. The summed E-state index contributed by atoms with van der Waals surface area (Å²) in [4.78, 5) is 23.5. The van der Waals surface area contributed by atoms with E-state index in [0.29, 0.717) is 6.92 Å². The molecule has 0 radical (unpaired) electrons. The van der Waals surface area contributed by atoms with Crippen molar-refractivity contribution in [3.63, 3.8) is 0 Å². The molecule has 3 heterocycles. The number of halogens is 6. The molecule has 0 aromatic heterocycles. The van der Waals surface area contributed by atoms with Crippen molar-refractivity contribution in [1.29, 1.82) is 0 Å². The molecule has 6 atom stereocenters. The van der Waals surface area contributed by atoms with Gasteiger partial charge in [0.15, 0.2) is 16.8 Å². The standard InChI is InChI=1S/C14H14F6O10S2/c1-4(2-7(31(23,24)13(15,16)17)32(25,26)14(18,19)20)27-12(22)30-9-6-3-5-8(28-6)10(9)29-11(5)21/h4-10H,2-3H2,1H3. The van der Waals surface area contributed by atoms with Crippen LogP contribution in [0.2, 0.25) is 0 Å². The Balaban J connectivity index is 1.71. The maximum Gasteiger partial charge on any atom is 0.509 e. The maximum absolute atomic E-state index is 12.8. The average Bonchev–Trinajstić information content (AvgIpc) is 3.22. The van der Waals surface area contributed by atoms with Gasteiger partial charge in [-0.2, -0.15) is 26.3 Å². The first kappa shape index (κ1) is 24.8. The molecular formula is C14H14F6O10S2. The molecule has 3 aliphatic heterocycles. The van der Waals surface area contributed by atoms with E-state index < -0.39 is 90.3 Å². The first-order chi connectivity index (χ1) is 14.4. The Morgan fingerprint density at radius 1 is 1.06 bits per heavy atom. The van der Waals surface area contributed by atoms with Gasteiger partial charge in [-0.1, -0.05) is 0 Å². The summed E-state index contributed by atoms with van der Waals surface area (Å²) in [7, 11) is -13.7. The Hall–Kier alpha value is -1.82. The van der Waals surface area contributed by atoms with Gasteiger partial charge in [-0.05, 0) is 13.3 Å². The van der Waals surface area contributed by atoms with Crippen LogP contribution in [0.3, 0.4) is 0 Å². The number of alkyl halides is 6. The van der Waals surface area contributed by atoms with Gasteiger partial charge in [0.05, 0.1) is 12.0 Å². The van der Waals surface area contributed by atoms with Crippen LogP contribution in [0.25, 0.3) is 0 Å². The molecule has 184 valence electrons. The summed E-state index contributed by atoms with van der Waals surface area (Å²) < 4.78 is 138. The highest BCUT2D eigenvalue weighted by Crippen LogP contribution is 2.47. The van der Waals surface area contributed by atoms with Gasteiger partial charge in [0.1, 0.15) is 12.2 Å². The molecule has 18 heteroatoms. The van der Waals surface area contributed by atoms with E-state index in [9.17, 15) is 52.8 Å². The summed E-state index contributed by atoms with van der Waals surface area (Å²) in [5, 5.41) is 0. The molecule has 3 rings (SSSR count). The maximum atomic E-state index is 12.8. The Labute approximate surface area is 175 Å². The van der Waals surface area contributed by atoms with Gasteiger partial charge in [0.2, 0.25) is 0 Å². The van der Waals surface area contributed by atoms with Gasteiger partial charge in [0.25, 0.3) is 19.7 Å². The van der Waals surface area contributed by atoms with E-state index in [0.717, 1.165) is 0 Å². The van der Waals surface area contributed by atoms with Crippen molar-refractivity contribution in [1.82, 2.24) is 0 Å². The van der Waals surface area contributed by atoms with Gasteiger partial charge in [-0.25, -0.2) is 21.6 Å². The topological polar surface area (TPSA) is 139 Å².